The van der Waals surface area contributed by atoms with E-state index in [4.69, 9.17) is 4.74 Å². The van der Waals surface area contributed by atoms with Crippen LogP contribution in [0.2, 0.25) is 0 Å². The predicted molar refractivity (Wildman–Crippen MR) is 96.0 cm³/mol. The monoisotopic (exact) mass is 329 g/mol. The summed E-state index contributed by atoms with van der Waals surface area (Å²) in [6.07, 6.45) is 0.532. The normalized spacial score (nSPS) is 11.8. The van der Waals surface area contributed by atoms with Crippen molar-refractivity contribution in [3.8, 4) is 5.75 Å². The summed E-state index contributed by atoms with van der Waals surface area (Å²) in [5.74, 6) is 1.79. The van der Waals surface area contributed by atoms with Crippen LogP contribution in [0.5, 0.6) is 5.75 Å². The maximum atomic E-state index is 12.3. The van der Waals surface area contributed by atoms with Gasteiger partial charge in [-0.2, -0.15) is 0 Å². The standard InChI is InChI=1S/C19H23NO2S/c1-15(16-7-5-4-6-8-16)20(2)19(21)13-14-23-18-11-9-17(22-3)10-12-18/h4-12,15H,13-14H2,1-3H3. The number of amides is 1. The number of carbonyl (C=O) groups is 1. The van der Waals surface area contributed by atoms with Crippen LogP contribution < -0.4 is 4.74 Å². The molecule has 1 unspecified atom stereocenters. The second kappa shape index (κ2) is 8.63. The molecule has 0 spiro atoms. The zero-order chi connectivity index (χ0) is 16.7. The molecule has 0 saturated heterocycles. The summed E-state index contributed by atoms with van der Waals surface area (Å²) in [4.78, 5) is 15.3. The van der Waals surface area contributed by atoms with Crippen molar-refractivity contribution < 1.29 is 9.53 Å². The molecule has 0 aliphatic rings. The van der Waals surface area contributed by atoms with Crippen molar-refractivity contribution in [3.63, 3.8) is 0 Å². The highest BCUT2D eigenvalue weighted by Gasteiger charge is 2.16. The molecule has 4 heteroatoms. The van der Waals surface area contributed by atoms with Crippen LogP contribution in [0, 0.1) is 0 Å². The van der Waals surface area contributed by atoms with E-state index in [1.54, 1.807) is 18.9 Å². The molecule has 0 aromatic heterocycles. The molecule has 0 aliphatic carbocycles. The van der Waals surface area contributed by atoms with Gasteiger partial charge >= 0.3 is 0 Å². The highest BCUT2D eigenvalue weighted by atomic mass is 32.2. The second-order valence-electron chi connectivity index (χ2n) is 5.37. The lowest BCUT2D eigenvalue weighted by molar-refractivity contribution is -0.131. The number of thioether (sulfide) groups is 1. The van der Waals surface area contributed by atoms with Gasteiger partial charge in [0.05, 0.1) is 13.2 Å². The molecule has 0 radical (unpaired) electrons. The number of hydrogen-bond acceptors (Lipinski definition) is 3. The zero-order valence-corrected chi connectivity index (χ0v) is 14.7. The fourth-order valence-electron chi connectivity index (χ4n) is 2.28. The minimum atomic E-state index is 0.0923. The third-order valence-electron chi connectivity index (χ3n) is 3.90. The van der Waals surface area contributed by atoms with Gasteiger partial charge in [0.1, 0.15) is 5.75 Å². The van der Waals surface area contributed by atoms with E-state index in [9.17, 15) is 4.79 Å². The van der Waals surface area contributed by atoms with E-state index in [2.05, 4.69) is 19.1 Å². The predicted octanol–water partition coefficient (Wildman–Crippen LogP) is 4.40. The molecule has 0 N–H and O–H groups in total. The van der Waals surface area contributed by atoms with Gasteiger partial charge in [0.25, 0.3) is 0 Å². The average Bonchev–Trinajstić information content (AvgIpc) is 2.61. The van der Waals surface area contributed by atoms with Gasteiger partial charge in [-0.3, -0.25) is 4.79 Å². The Morgan fingerprint density at radius 2 is 1.78 bits per heavy atom. The van der Waals surface area contributed by atoms with Gasteiger partial charge in [0.15, 0.2) is 0 Å². The molecule has 0 bridgehead atoms. The molecule has 0 heterocycles. The number of nitrogens with zero attached hydrogens (tertiary/aromatic N) is 1. The lowest BCUT2D eigenvalue weighted by atomic mass is 10.1. The maximum Gasteiger partial charge on any atom is 0.223 e. The Hall–Kier alpha value is -1.94. The lowest BCUT2D eigenvalue weighted by Gasteiger charge is -2.25. The first-order chi connectivity index (χ1) is 11.1. The summed E-state index contributed by atoms with van der Waals surface area (Å²) < 4.78 is 5.14. The Balaban J connectivity index is 1.81. The Morgan fingerprint density at radius 3 is 2.39 bits per heavy atom. The van der Waals surface area contributed by atoms with Crippen molar-refractivity contribution in [2.75, 3.05) is 19.9 Å². The van der Waals surface area contributed by atoms with E-state index in [0.717, 1.165) is 22.0 Å². The fraction of sp³-hybridized carbons (Fsp3) is 0.316. The van der Waals surface area contributed by atoms with Crippen molar-refractivity contribution in [3.05, 3.63) is 60.2 Å². The topological polar surface area (TPSA) is 29.5 Å². The molecular formula is C19H23NO2S. The van der Waals surface area contributed by atoms with Crippen LogP contribution in [-0.2, 0) is 4.79 Å². The van der Waals surface area contributed by atoms with Crippen molar-refractivity contribution >= 4 is 17.7 Å². The molecule has 2 aromatic rings. The Kier molecular flexibility index (Phi) is 6.53. The zero-order valence-electron chi connectivity index (χ0n) is 13.9. The summed E-state index contributed by atoms with van der Waals surface area (Å²) in [5, 5.41) is 0. The van der Waals surface area contributed by atoms with Gasteiger partial charge < -0.3 is 9.64 Å². The molecule has 122 valence electrons. The molecule has 23 heavy (non-hydrogen) atoms. The third-order valence-corrected chi connectivity index (χ3v) is 4.91. The maximum absolute atomic E-state index is 12.3. The van der Waals surface area contributed by atoms with Crippen LogP contribution in [0.1, 0.15) is 24.9 Å². The van der Waals surface area contributed by atoms with Crippen molar-refractivity contribution in [1.29, 1.82) is 0 Å². The largest absolute Gasteiger partial charge is 0.497 e. The number of benzene rings is 2. The minimum absolute atomic E-state index is 0.0923. The van der Waals surface area contributed by atoms with Gasteiger partial charge in [-0.15, -0.1) is 11.8 Å². The average molecular weight is 329 g/mol. The number of hydrogen-bond donors (Lipinski definition) is 0. The van der Waals surface area contributed by atoms with Gasteiger partial charge in [0, 0.05) is 24.1 Å². The Morgan fingerprint density at radius 1 is 1.13 bits per heavy atom. The number of ether oxygens (including phenoxy) is 1. The van der Waals surface area contributed by atoms with Gasteiger partial charge in [-0.1, -0.05) is 30.3 Å². The molecule has 2 aromatic carbocycles. The SMILES string of the molecule is COc1ccc(SCCC(=O)N(C)C(C)c2ccccc2)cc1. The molecule has 0 saturated carbocycles. The molecule has 1 amide bonds. The van der Waals surface area contributed by atoms with Crippen LogP contribution in [0.4, 0.5) is 0 Å². The van der Waals surface area contributed by atoms with Crippen LogP contribution in [0.25, 0.3) is 0 Å². The summed E-state index contributed by atoms with van der Waals surface area (Å²) in [7, 11) is 3.53. The quantitative estimate of drug-likeness (QED) is 0.705. The van der Waals surface area contributed by atoms with Crippen molar-refractivity contribution in [1.82, 2.24) is 4.90 Å². The number of rotatable bonds is 7. The van der Waals surface area contributed by atoms with E-state index >= 15 is 0 Å². The first kappa shape index (κ1) is 17.4. The van der Waals surface area contributed by atoms with E-state index in [1.807, 2.05) is 54.4 Å². The van der Waals surface area contributed by atoms with Crippen molar-refractivity contribution in [2.45, 2.75) is 24.3 Å². The van der Waals surface area contributed by atoms with E-state index < -0.39 is 0 Å². The highest BCUT2D eigenvalue weighted by molar-refractivity contribution is 7.99. The van der Waals surface area contributed by atoms with E-state index in [0.29, 0.717) is 6.42 Å². The smallest absolute Gasteiger partial charge is 0.223 e. The summed E-state index contributed by atoms with van der Waals surface area (Å²) in [5.41, 5.74) is 1.16. The molecule has 2 rings (SSSR count). The Bertz CT molecular complexity index is 613. The molecule has 3 nitrogen and oxygen atoms in total. The second-order valence-corrected chi connectivity index (χ2v) is 6.53. The fourth-order valence-corrected chi connectivity index (χ4v) is 3.12. The molecule has 0 fully saturated rings. The van der Waals surface area contributed by atoms with Crippen LogP contribution in [-0.4, -0.2) is 30.7 Å². The molecule has 1 atom stereocenters. The lowest BCUT2D eigenvalue weighted by Crippen LogP contribution is -2.29. The van der Waals surface area contributed by atoms with E-state index in [-0.39, 0.29) is 11.9 Å². The molecule has 0 aliphatic heterocycles. The summed E-state index contributed by atoms with van der Waals surface area (Å²) >= 11 is 1.69. The summed E-state index contributed by atoms with van der Waals surface area (Å²) in [6.45, 7) is 2.06. The van der Waals surface area contributed by atoms with Crippen LogP contribution in [0.15, 0.2) is 59.5 Å². The highest BCUT2D eigenvalue weighted by Crippen LogP contribution is 2.23. The first-order valence-electron chi connectivity index (χ1n) is 7.69. The van der Waals surface area contributed by atoms with Gasteiger partial charge in [-0.25, -0.2) is 0 Å². The number of carbonyl (C=O) groups excluding carboxylic acids is 1. The Labute approximate surface area is 142 Å². The van der Waals surface area contributed by atoms with Crippen LogP contribution in [0.3, 0.4) is 0 Å². The van der Waals surface area contributed by atoms with Gasteiger partial charge in [-0.05, 0) is 36.8 Å². The summed E-state index contributed by atoms with van der Waals surface area (Å²) in [6, 6.07) is 18.1. The third kappa shape index (κ3) is 5.03. The molecular weight excluding hydrogens is 306 g/mol. The van der Waals surface area contributed by atoms with Gasteiger partial charge in [0.2, 0.25) is 5.91 Å². The minimum Gasteiger partial charge on any atom is -0.497 e. The number of methoxy groups -OCH3 is 1. The first-order valence-corrected chi connectivity index (χ1v) is 8.68. The van der Waals surface area contributed by atoms with Crippen LogP contribution >= 0.6 is 11.8 Å². The van der Waals surface area contributed by atoms with E-state index in [1.165, 1.54) is 0 Å². The van der Waals surface area contributed by atoms with Crippen molar-refractivity contribution in [2.24, 2.45) is 0 Å².